The lowest BCUT2D eigenvalue weighted by Crippen LogP contribution is -2.29. The van der Waals surface area contributed by atoms with Crippen LogP contribution in [0.5, 0.6) is 0 Å². The Morgan fingerprint density at radius 1 is 1.50 bits per heavy atom. The summed E-state index contributed by atoms with van der Waals surface area (Å²) in [6.07, 6.45) is 0.210. The Balaban J connectivity index is 3.36. The highest BCUT2D eigenvalue weighted by Gasteiger charge is 2.32. The van der Waals surface area contributed by atoms with Crippen molar-refractivity contribution in [2.45, 2.75) is 6.10 Å². The molecule has 0 aliphatic heterocycles. The molecular weight excluding hydrogens is 234 g/mol. The van der Waals surface area contributed by atoms with Crippen molar-refractivity contribution in [2.24, 2.45) is 0 Å². The first-order valence-electron chi connectivity index (χ1n) is 3.31. The molecule has 8 heteroatoms. The van der Waals surface area contributed by atoms with Crippen molar-refractivity contribution in [3.05, 3.63) is 33.0 Å². The summed E-state index contributed by atoms with van der Waals surface area (Å²) >= 11 is 5.45. The monoisotopic (exact) mass is 237 g/mol. The van der Waals surface area contributed by atoms with Crippen LogP contribution < -0.4 is 0 Å². The summed E-state index contributed by atoms with van der Waals surface area (Å²) in [6.45, 7) is 0. The summed E-state index contributed by atoms with van der Waals surface area (Å²) in [7, 11) is -2.78. The van der Waals surface area contributed by atoms with Crippen LogP contribution in [0.4, 0.5) is 0 Å². The smallest absolute Gasteiger partial charge is 0.280 e. The van der Waals surface area contributed by atoms with E-state index in [4.69, 9.17) is 11.6 Å². The van der Waals surface area contributed by atoms with E-state index in [1.54, 1.807) is 0 Å². The number of hydrogen-bond donors (Lipinski definition) is 1. The third-order valence-corrected chi connectivity index (χ3v) is 2.80. The number of halogens is 1. The third-order valence-electron chi connectivity index (χ3n) is 1.55. The molecule has 1 unspecified atom stereocenters. The van der Waals surface area contributed by atoms with Crippen LogP contribution in [-0.2, 0) is 10.3 Å². The summed E-state index contributed by atoms with van der Waals surface area (Å²) in [5.74, 6) is 0. The average molecular weight is 238 g/mol. The molecule has 1 aliphatic carbocycles. The van der Waals surface area contributed by atoms with Gasteiger partial charge in [-0.25, -0.2) is 0 Å². The molecule has 6 nitrogen and oxygen atoms in total. The maximum Gasteiger partial charge on any atom is 0.280 e. The van der Waals surface area contributed by atoms with Gasteiger partial charge in [0, 0.05) is 6.08 Å². The zero-order valence-corrected chi connectivity index (χ0v) is 8.12. The zero-order chi connectivity index (χ0) is 10.9. The molecule has 0 fully saturated rings. The van der Waals surface area contributed by atoms with E-state index >= 15 is 0 Å². The van der Waals surface area contributed by atoms with Crippen molar-refractivity contribution in [1.82, 2.24) is 0 Å². The number of nitrogens with zero attached hydrogens (tertiary/aromatic N) is 1. The normalized spacial score (nSPS) is 21.3. The van der Waals surface area contributed by atoms with E-state index < -0.39 is 31.9 Å². The second-order valence-electron chi connectivity index (χ2n) is 2.36. The number of rotatable bonds is 1. The fraction of sp³-hybridized carbons (Fsp3) is 0.167. The van der Waals surface area contributed by atoms with Gasteiger partial charge in [-0.05, 0) is 6.08 Å². The first-order valence-corrected chi connectivity index (χ1v) is 4.76. The lowest BCUT2D eigenvalue weighted by molar-refractivity contribution is -0.433. The molecule has 1 rings (SSSR count). The van der Waals surface area contributed by atoms with Gasteiger partial charge in [-0.15, -0.1) is 0 Å². The Morgan fingerprint density at radius 3 is 2.50 bits per heavy atom. The van der Waals surface area contributed by atoms with Gasteiger partial charge in [-0.1, -0.05) is 11.6 Å². The van der Waals surface area contributed by atoms with Crippen LogP contribution in [0.2, 0.25) is 0 Å². The van der Waals surface area contributed by atoms with Gasteiger partial charge in [-0.3, -0.25) is 10.1 Å². The van der Waals surface area contributed by atoms with Crippen molar-refractivity contribution < 1.29 is 18.4 Å². The van der Waals surface area contributed by atoms with Crippen LogP contribution in [0.15, 0.2) is 22.9 Å². The number of aliphatic hydroxyl groups is 1. The Bertz CT molecular complexity index is 466. The van der Waals surface area contributed by atoms with E-state index in [9.17, 15) is 23.6 Å². The molecule has 0 saturated carbocycles. The Labute approximate surface area is 84.8 Å². The minimum Gasteiger partial charge on any atom is -0.376 e. The fourth-order valence-electron chi connectivity index (χ4n) is 0.928. The summed E-state index contributed by atoms with van der Waals surface area (Å²) < 4.78 is 21.1. The van der Waals surface area contributed by atoms with Gasteiger partial charge < -0.3 is 5.11 Å². The summed E-state index contributed by atoms with van der Waals surface area (Å²) in [4.78, 5) is 8.88. The number of hydrogen-bond acceptors (Lipinski definition) is 5. The maximum atomic E-state index is 10.6. The quantitative estimate of drug-likeness (QED) is 0.383. The topological polar surface area (TPSA) is 97.5 Å². The minimum absolute atomic E-state index is 0.226. The van der Waals surface area contributed by atoms with E-state index in [1.165, 1.54) is 0 Å². The SMILES string of the molecule is O=[N+]([O-])C1=CC=C(Cl)C(=S(=O)=O)C1O. The molecule has 0 radical (unpaired) electrons. The van der Waals surface area contributed by atoms with Crippen LogP contribution in [-0.4, -0.2) is 29.4 Å². The molecule has 0 spiro atoms. The molecule has 1 atom stereocenters. The number of nitro groups is 1. The largest absolute Gasteiger partial charge is 0.376 e. The predicted octanol–water partition coefficient (Wildman–Crippen LogP) is -0.304. The Kier molecular flexibility index (Phi) is 3.04. The van der Waals surface area contributed by atoms with Crippen molar-refractivity contribution >= 4 is 26.8 Å². The lowest BCUT2D eigenvalue weighted by atomic mass is 10.1. The molecule has 0 amide bonds. The molecule has 0 bridgehead atoms. The van der Waals surface area contributed by atoms with Crippen LogP contribution >= 0.6 is 11.6 Å². The predicted molar refractivity (Wildman–Crippen MR) is 48.9 cm³/mol. The summed E-state index contributed by atoms with van der Waals surface area (Å²) in [5, 5.41) is 19.4. The average Bonchev–Trinajstić information content (AvgIpc) is 2.02. The third kappa shape index (κ3) is 1.84. The molecule has 76 valence electrons. The van der Waals surface area contributed by atoms with Gasteiger partial charge in [0.2, 0.25) is 10.3 Å². The molecule has 0 aromatic heterocycles. The second kappa shape index (κ2) is 3.91. The van der Waals surface area contributed by atoms with Crippen LogP contribution in [0.25, 0.3) is 0 Å². The molecule has 14 heavy (non-hydrogen) atoms. The zero-order valence-electron chi connectivity index (χ0n) is 6.55. The van der Waals surface area contributed by atoms with Gasteiger partial charge in [-0.2, -0.15) is 8.42 Å². The lowest BCUT2D eigenvalue weighted by Gasteiger charge is -2.11. The van der Waals surface area contributed by atoms with Crippen molar-refractivity contribution in [2.75, 3.05) is 0 Å². The maximum absolute atomic E-state index is 10.6. The number of allylic oxidation sites excluding steroid dienone is 2. The molecule has 0 heterocycles. The van der Waals surface area contributed by atoms with E-state index in [2.05, 4.69) is 0 Å². The first kappa shape index (κ1) is 10.9. The van der Waals surface area contributed by atoms with Gasteiger partial charge in [0.05, 0.1) is 9.96 Å². The summed E-state index contributed by atoms with van der Waals surface area (Å²) in [5.41, 5.74) is -0.617. The van der Waals surface area contributed by atoms with E-state index in [0.717, 1.165) is 12.2 Å². The van der Waals surface area contributed by atoms with E-state index in [0.29, 0.717) is 0 Å². The first-order chi connectivity index (χ1) is 6.45. The van der Waals surface area contributed by atoms with Gasteiger partial charge in [0.1, 0.15) is 4.86 Å². The molecule has 1 aliphatic rings. The highest BCUT2D eigenvalue weighted by atomic mass is 35.5. The van der Waals surface area contributed by atoms with E-state index in [-0.39, 0.29) is 5.03 Å². The molecule has 0 aromatic rings. The molecule has 0 saturated heterocycles. The Morgan fingerprint density at radius 2 is 2.07 bits per heavy atom. The standard InChI is InChI=1S/C6H4ClNO5S/c7-3-1-2-4(8(10)11)5(9)6(3)14(12)13/h1-2,5,9H. The minimum atomic E-state index is -2.78. The Hall–Kier alpha value is -1.18. The number of aliphatic hydroxyl groups excluding tert-OH is 1. The van der Waals surface area contributed by atoms with Crippen molar-refractivity contribution in [3.8, 4) is 0 Å². The highest BCUT2D eigenvalue weighted by Crippen LogP contribution is 2.19. The molecule has 0 aromatic carbocycles. The molecular formula is C6H4ClNO5S. The second-order valence-corrected chi connectivity index (χ2v) is 3.68. The van der Waals surface area contributed by atoms with Crippen molar-refractivity contribution in [1.29, 1.82) is 0 Å². The van der Waals surface area contributed by atoms with Crippen LogP contribution in [0.1, 0.15) is 0 Å². The van der Waals surface area contributed by atoms with Gasteiger partial charge in [0.15, 0.2) is 6.10 Å². The van der Waals surface area contributed by atoms with Crippen LogP contribution in [0.3, 0.4) is 0 Å². The van der Waals surface area contributed by atoms with Gasteiger partial charge in [0.25, 0.3) is 5.70 Å². The fourth-order valence-corrected chi connectivity index (χ4v) is 1.81. The highest BCUT2D eigenvalue weighted by molar-refractivity contribution is 7.73. The van der Waals surface area contributed by atoms with Crippen LogP contribution in [0, 0.1) is 10.1 Å². The van der Waals surface area contributed by atoms with Crippen molar-refractivity contribution in [3.63, 3.8) is 0 Å². The summed E-state index contributed by atoms with van der Waals surface area (Å²) in [6, 6.07) is 0. The van der Waals surface area contributed by atoms with E-state index in [1.807, 2.05) is 0 Å². The van der Waals surface area contributed by atoms with Gasteiger partial charge >= 0.3 is 0 Å². The molecule has 1 N–H and O–H groups in total.